The van der Waals surface area contributed by atoms with Crippen molar-refractivity contribution < 1.29 is 23.4 Å². The van der Waals surface area contributed by atoms with E-state index < -0.39 is 25.1 Å². The number of aliphatic hydroxyl groups is 1. The van der Waals surface area contributed by atoms with Crippen LogP contribution in [-0.4, -0.2) is 46.8 Å². The van der Waals surface area contributed by atoms with Crippen LogP contribution in [0.5, 0.6) is 5.88 Å². The number of carbonyl (C=O) groups excluding carboxylic acids is 1. The Morgan fingerprint density at radius 1 is 1.21 bits per heavy atom. The Morgan fingerprint density at radius 3 is 2.82 bits per heavy atom. The molecule has 148 valence electrons. The third-order valence-electron chi connectivity index (χ3n) is 4.02. The first-order valence-electron chi connectivity index (χ1n) is 8.66. The van der Waals surface area contributed by atoms with Crippen LogP contribution in [0.1, 0.15) is 5.56 Å². The van der Waals surface area contributed by atoms with Crippen molar-refractivity contribution in [3.05, 3.63) is 54.2 Å². The highest BCUT2D eigenvalue weighted by molar-refractivity contribution is 5.88. The summed E-state index contributed by atoms with van der Waals surface area (Å²) in [5, 5.41) is 15.8. The molecule has 1 atom stereocenters. The number of urea groups is 1. The van der Waals surface area contributed by atoms with E-state index in [1.54, 1.807) is 0 Å². The largest absolute Gasteiger partial charge is 0.472 e. The van der Waals surface area contributed by atoms with Gasteiger partial charge in [0.05, 0.1) is 12.6 Å². The topological polar surface area (TPSA) is 99.3 Å². The average Bonchev–Trinajstić information content (AvgIpc) is 3.09. The Morgan fingerprint density at radius 2 is 2.04 bits per heavy atom. The van der Waals surface area contributed by atoms with E-state index in [9.17, 15) is 18.7 Å². The van der Waals surface area contributed by atoms with Crippen LogP contribution in [0, 0.1) is 0 Å². The highest BCUT2D eigenvalue weighted by Crippen LogP contribution is 2.19. The second kappa shape index (κ2) is 9.14. The fourth-order valence-corrected chi connectivity index (χ4v) is 2.78. The van der Waals surface area contributed by atoms with Crippen molar-refractivity contribution in [1.82, 2.24) is 15.3 Å². The summed E-state index contributed by atoms with van der Waals surface area (Å²) in [6.07, 6.45) is -0.339. The van der Waals surface area contributed by atoms with Crippen molar-refractivity contribution in [3.63, 3.8) is 0 Å². The molecule has 0 aliphatic carbocycles. The van der Waals surface area contributed by atoms with Gasteiger partial charge in [-0.2, -0.15) is 4.98 Å². The molecule has 2 aromatic heterocycles. The van der Waals surface area contributed by atoms with E-state index in [2.05, 4.69) is 20.6 Å². The molecule has 28 heavy (non-hydrogen) atoms. The van der Waals surface area contributed by atoms with E-state index in [4.69, 9.17) is 4.74 Å². The van der Waals surface area contributed by atoms with Crippen LogP contribution in [0.25, 0.3) is 10.9 Å². The monoisotopic (exact) mass is 390 g/mol. The van der Waals surface area contributed by atoms with Gasteiger partial charge in [-0.3, -0.25) is 5.32 Å². The molecule has 0 bridgehead atoms. The Bertz CT molecular complexity index is 932. The number of rotatable bonds is 8. The lowest BCUT2D eigenvalue weighted by molar-refractivity contribution is 0.0796. The maximum Gasteiger partial charge on any atom is 0.320 e. The third kappa shape index (κ3) is 5.17. The number of aromatic nitrogens is 2. The van der Waals surface area contributed by atoms with Crippen LogP contribution in [0.15, 0.2) is 48.7 Å². The molecule has 2 heterocycles. The molecule has 3 rings (SSSR count). The summed E-state index contributed by atoms with van der Waals surface area (Å²) in [7, 11) is 0. The smallest absolute Gasteiger partial charge is 0.320 e. The number of pyridine rings is 1. The number of anilines is 1. The van der Waals surface area contributed by atoms with Crippen LogP contribution < -0.4 is 15.4 Å². The molecule has 0 saturated heterocycles. The molecule has 1 aromatic carbocycles. The third-order valence-corrected chi connectivity index (χ3v) is 4.02. The fourth-order valence-electron chi connectivity index (χ4n) is 2.78. The summed E-state index contributed by atoms with van der Waals surface area (Å²) in [6.45, 7) is -1.03. The summed E-state index contributed by atoms with van der Waals surface area (Å²) in [4.78, 5) is 19.3. The minimum absolute atomic E-state index is 0.0180. The van der Waals surface area contributed by atoms with Crippen LogP contribution in [0.2, 0.25) is 0 Å². The van der Waals surface area contributed by atoms with Crippen LogP contribution in [0.3, 0.4) is 0 Å². The summed E-state index contributed by atoms with van der Waals surface area (Å²) < 4.78 is 29.2. The summed E-state index contributed by atoms with van der Waals surface area (Å²) in [5.74, 6) is 0.128. The maximum absolute atomic E-state index is 12.2. The van der Waals surface area contributed by atoms with Gasteiger partial charge in [0.2, 0.25) is 5.88 Å². The SMILES string of the molecule is O=C(Nc1cccc(OCC(F)F)n1)NC(CO)Cc1c[nH]c2ccccc12. The number of fused-ring (bicyclic) bond motifs is 1. The Hall–Kier alpha value is -3.20. The van der Waals surface area contributed by atoms with Crippen LogP contribution in [0.4, 0.5) is 19.4 Å². The van der Waals surface area contributed by atoms with Gasteiger partial charge in [-0.25, -0.2) is 13.6 Å². The molecule has 0 aliphatic rings. The number of benzene rings is 1. The van der Waals surface area contributed by atoms with Gasteiger partial charge in [-0.15, -0.1) is 0 Å². The van der Waals surface area contributed by atoms with Gasteiger partial charge in [0.25, 0.3) is 6.43 Å². The van der Waals surface area contributed by atoms with E-state index in [0.29, 0.717) is 6.42 Å². The number of ether oxygens (including phenoxy) is 1. The van der Waals surface area contributed by atoms with Crippen molar-refractivity contribution in [2.24, 2.45) is 0 Å². The molecular formula is C19H20F2N4O3. The number of aliphatic hydroxyl groups excluding tert-OH is 1. The molecule has 0 aliphatic heterocycles. The average molecular weight is 390 g/mol. The lowest BCUT2D eigenvalue weighted by atomic mass is 10.1. The quantitative estimate of drug-likeness (QED) is 0.475. The molecule has 4 N–H and O–H groups in total. The molecule has 3 aromatic rings. The lowest BCUT2D eigenvalue weighted by Gasteiger charge is -2.16. The van der Waals surface area contributed by atoms with Gasteiger partial charge in [0, 0.05) is 23.2 Å². The molecule has 0 radical (unpaired) electrons. The Balaban J connectivity index is 1.59. The molecule has 0 spiro atoms. The molecule has 2 amide bonds. The lowest BCUT2D eigenvalue weighted by Crippen LogP contribution is -2.41. The highest BCUT2D eigenvalue weighted by atomic mass is 19.3. The molecule has 0 saturated carbocycles. The number of aromatic amines is 1. The number of para-hydroxylation sites is 1. The van der Waals surface area contributed by atoms with Gasteiger partial charge in [-0.05, 0) is 24.1 Å². The molecule has 7 nitrogen and oxygen atoms in total. The highest BCUT2D eigenvalue weighted by Gasteiger charge is 2.15. The normalized spacial score (nSPS) is 12.1. The van der Waals surface area contributed by atoms with Crippen molar-refractivity contribution in [2.75, 3.05) is 18.5 Å². The molecule has 0 fully saturated rings. The predicted molar refractivity (Wildman–Crippen MR) is 101 cm³/mol. The zero-order chi connectivity index (χ0) is 19.9. The molecule has 9 heteroatoms. The van der Waals surface area contributed by atoms with Gasteiger partial charge in [0.1, 0.15) is 5.82 Å². The van der Waals surface area contributed by atoms with Crippen molar-refractivity contribution in [2.45, 2.75) is 18.9 Å². The summed E-state index contributed by atoms with van der Waals surface area (Å²) >= 11 is 0. The summed E-state index contributed by atoms with van der Waals surface area (Å²) in [6, 6.07) is 11.1. The number of nitrogens with one attached hydrogen (secondary N) is 3. The van der Waals surface area contributed by atoms with Gasteiger partial charge in [-0.1, -0.05) is 24.3 Å². The van der Waals surface area contributed by atoms with E-state index in [1.165, 1.54) is 18.2 Å². The van der Waals surface area contributed by atoms with E-state index >= 15 is 0 Å². The van der Waals surface area contributed by atoms with Crippen LogP contribution in [-0.2, 0) is 6.42 Å². The first-order valence-corrected chi connectivity index (χ1v) is 8.66. The van der Waals surface area contributed by atoms with Gasteiger partial charge in [0.15, 0.2) is 6.61 Å². The van der Waals surface area contributed by atoms with E-state index in [0.717, 1.165) is 16.5 Å². The number of H-pyrrole nitrogens is 1. The number of alkyl halides is 2. The number of carbonyl (C=O) groups is 1. The van der Waals surface area contributed by atoms with Gasteiger partial charge < -0.3 is 20.1 Å². The zero-order valence-corrected chi connectivity index (χ0v) is 14.9. The molecular weight excluding hydrogens is 370 g/mol. The predicted octanol–water partition coefficient (Wildman–Crippen LogP) is 2.93. The number of amides is 2. The maximum atomic E-state index is 12.2. The second-order valence-electron chi connectivity index (χ2n) is 6.10. The first kappa shape index (κ1) is 19.6. The van der Waals surface area contributed by atoms with Crippen molar-refractivity contribution >= 4 is 22.8 Å². The summed E-state index contributed by atoms with van der Waals surface area (Å²) in [5.41, 5.74) is 1.94. The number of hydrogen-bond donors (Lipinski definition) is 4. The van der Waals surface area contributed by atoms with Crippen molar-refractivity contribution in [3.8, 4) is 5.88 Å². The Kier molecular flexibility index (Phi) is 6.38. The van der Waals surface area contributed by atoms with E-state index in [-0.39, 0.29) is 18.3 Å². The minimum atomic E-state index is -2.61. The molecule has 1 unspecified atom stereocenters. The fraction of sp³-hybridized carbons (Fsp3) is 0.263. The first-order chi connectivity index (χ1) is 13.5. The minimum Gasteiger partial charge on any atom is -0.472 e. The number of hydrogen-bond acceptors (Lipinski definition) is 4. The zero-order valence-electron chi connectivity index (χ0n) is 14.9. The standard InChI is InChI=1S/C19H20F2N4O3/c20-16(21)11-28-18-7-3-6-17(24-18)25-19(27)23-13(10-26)8-12-9-22-15-5-2-1-4-14(12)15/h1-7,9,13,16,22,26H,8,10-11H2,(H2,23,24,25,27). The van der Waals surface area contributed by atoms with Crippen LogP contribution >= 0.6 is 0 Å². The van der Waals surface area contributed by atoms with Crippen molar-refractivity contribution in [1.29, 1.82) is 0 Å². The number of halogens is 2. The van der Waals surface area contributed by atoms with Gasteiger partial charge >= 0.3 is 6.03 Å². The number of nitrogens with zero attached hydrogens (tertiary/aromatic N) is 1. The van der Waals surface area contributed by atoms with E-state index in [1.807, 2.05) is 30.5 Å². The second-order valence-corrected chi connectivity index (χ2v) is 6.10. The Labute approximate surface area is 159 Å².